The van der Waals surface area contributed by atoms with Gasteiger partial charge in [-0.3, -0.25) is 0 Å². The Hall–Kier alpha value is -4.85. The van der Waals surface area contributed by atoms with Crippen molar-refractivity contribution in [3.8, 4) is 22.0 Å². The zero-order chi connectivity index (χ0) is 27.6. The minimum absolute atomic E-state index is 0.302. The molecule has 2 heterocycles. The van der Waals surface area contributed by atoms with Gasteiger partial charge in [0.05, 0.1) is 21.2 Å². The Balaban J connectivity index is 1.20. The maximum Gasteiger partial charge on any atom is 0.210 e. The van der Waals surface area contributed by atoms with E-state index in [9.17, 15) is 8.42 Å². The first-order valence-corrected chi connectivity index (χ1v) is 15.4. The average Bonchev–Trinajstić information content (AvgIpc) is 3.52. The third-order valence-corrected chi connectivity index (χ3v) is 10.2. The van der Waals surface area contributed by atoms with Gasteiger partial charge >= 0.3 is 0 Å². The molecule has 0 saturated heterocycles. The molecule has 0 atom stereocenters. The van der Waals surface area contributed by atoms with E-state index in [1.54, 1.807) is 24.3 Å². The van der Waals surface area contributed by atoms with Crippen molar-refractivity contribution in [2.75, 3.05) is 4.90 Å². The molecule has 0 fully saturated rings. The van der Waals surface area contributed by atoms with Gasteiger partial charge in [-0.25, -0.2) is 13.4 Å². The van der Waals surface area contributed by atoms with Crippen LogP contribution in [0.15, 0.2) is 137 Å². The number of para-hydroxylation sites is 2. The second-order valence-electron chi connectivity index (χ2n) is 9.94. The van der Waals surface area contributed by atoms with E-state index >= 15 is 0 Å². The third-order valence-electron chi connectivity index (χ3n) is 7.60. The number of hydrogen-bond acceptors (Lipinski definition) is 6. The van der Waals surface area contributed by atoms with Crippen LogP contribution in [0.2, 0.25) is 0 Å². The molecule has 41 heavy (non-hydrogen) atoms. The van der Waals surface area contributed by atoms with E-state index in [0.717, 1.165) is 27.2 Å². The number of aromatic nitrogens is 2. The van der Waals surface area contributed by atoms with Gasteiger partial charge in [0.2, 0.25) is 9.84 Å². The maximum atomic E-state index is 13.3. The Labute approximate surface area is 241 Å². The van der Waals surface area contributed by atoms with Crippen LogP contribution in [0.3, 0.4) is 0 Å². The van der Waals surface area contributed by atoms with Crippen LogP contribution < -0.4 is 4.90 Å². The highest BCUT2D eigenvalue weighted by Gasteiger charge is 2.34. The fourth-order valence-corrected chi connectivity index (χ4v) is 8.04. The van der Waals surface area contributed by atoms with E-state index in [4.69, 9.17) is 9.36 Å². The van der Waals surface area contributed by atoms with Crippen LogP contribution >= 0.6 is 11.5 Å². The molecule has 0 bridgehead atoms. The average molecular weight is 568 g/mol. The molecule has 8 rings (SSSR count). The normalized spacial score (nSPS) is 13.7. The topological polar surface area (TPSA) is 63.2 Å². The fraction of sp³-hybridized carbons (Fsp3) is 0. The number of rotatable bonds is 3. The summed E-state index contributed by atoms with van der Waals surface area (Å²) in [6.45, 7) is 0. The van der Waals surface area contributed by atoms with E-state index < -0.39 is 9.84 Å². The predicted molar refractivity (Wildman–Crippen MR) is 166 cm³/mol. The molecule has 6 aromatic carbocycles. The smallest absolute Gasteiger partial charge is 0.210 e. The Kier molecular flexibility index (Phi) is 5.32. The summed E-state index contributed by atoms with van der Waals surface area (Å²) in [4.78, 5) is 7.56. The van der Waals surface area contributed by atoms with Crippen molar-refractivity contribution >= 4 is 60.0 Å². The van der Waals surface area contributed by atoms with Crippen molar-refractivity contribution in [2.24, 2.45) is 0 Å². The molecule has 1 aliphatic heterocycles. The van der Waals surface area contributed by atoms with Crippen molar-refractivity contribution in [1.29, 1.82) is 0 Å². The van der Waals surface area contributed by atoms with E-state index in [1.165, 1.54) is 27.7 Å². The molecule has 0 amide bonds. The van der Waals surface area contributed by atoms with Gasteiger partial charge in [-0.2, -0.15) is 4.37 Å². The SMILES string of the molecule is O=S1(=O)c2ccccc2N(c2ccc(-c3nsc(-c4cc5ccccc5c5ccccc45)n3)cc2)c2ccccc21. The number of anilines is 3. The second kappa shape index (κ2) is 9.09. The van der Waals surface area contributed by atoms with Crippen molar-refractivity contribution in [2.45, 2.75) is 9.79 Å². The zero-order valence-electron chi connectivity index (χ0n) is 21.6. The van der Waals surface area contributed by atoms with E-state index in [2.05, 4.69) is 54.6 Å². The molecule has 0 aliphatic carbocycles. The Morgan fingerprint density at radius 1 is 0.610 bits per heavy atom. The van der Waals surface area contributed by atoms with Crippen molar-refractivity contribution in [3.05, 3.63) is 127 Å². The summed E-state index contributed by atoms with van der Waals surface area (Å²) in [5.74, 6) is 0.663. The summed E-state index contributed by atoms with van der Waals surface area (Å²) in [6.07, 6.45) is 0. The molecule has 0 spiro atoms. The first kappa shape index (κ1) is 24.0. The molecule has 0 N–H and O–H groups in total. The highest BCUT2D eigenvalue weighted by molar-refractivity contribution is 7.92. The highest BCUT2D eigenvalue weighted by atomic mass is 32.2. The first-order chi connectivity index (χ1) is 20.1. The van der Waals surface area contributed by atoms with Gasteiger partial charge in [0.1, 0.15) is 5.01 Å². The summed E-state index contributed by atoms with van der Waals surface area (Å²) >= 11 is 1.40. The number of fused-ring (bicyclic) bond motifs is 5. The van der Waals surface area contributed by atoms with Crippen LogP contribution in [-0.2, 0) is 9.84 Å². The van der Waals surface area contributed by atoms with Crippen molar-refractivity contribution in [3.63, 3.8) is 0 Å². The zero-order valence-corrected chi connectivity index (χ0v) is 23.2. The molecule has 5 nitrogen and oxygen atoms in total. The molecule has 196 valence electrons. The molecule has 7 aromatic rings. The Morgan fingerprint density at radius 3 is 1.90 bits per heavy atom. The Bertz CT molecular complexity index is 2190. The summed E-state index contributed by atoms with van der Waals surface area (Å²) in [5.41, 5.74) is 4.10. The van der Waals surface area contributed by atoms with E-state index in [0.29, 0.717) is 27.0 Å². The number of sulfone groups is 1. The minimum atomic E-state index is -3.61. The minimum Gasteiger partial charge on any atom is -0.308 e. The van der Waals surface area contributed by atoms with Crippen LogP contribution in [0, 0.1) is 0 Å². The van der Waals surface area contributed by atoms with Crippen molar-refractivity contribution < 1.29 is 8.42 Å². The highest BCUT2D eigenvalue weighted by Crippen LogP contribution is 2.48. The van der Waals surface area contributed by atoms with Gasteiger partial charge in [0.15, 0.2) is 5.82 Å². The molecule has 7 heteroatoms. The first-order valence-electron chi connectivity index (χ1n) is 13.2. The van der Waals surface area contributed by atoms with E-state index in [-0.39, 0.29) is 0 Å². The monoisotopic (exact) mass is 567 g/mol. The lowest BCUT2D eigenvalue weighted by Crippen LogP contribution is -2.21. The summed E-state index contributed by atoms with van der Waals surface area (Å²) < 4.78 is 31.4. The van der Waals surface area contributed by atoms with E-state index in [1.807, 2.05) is 53.4 Å². The molecule has 1 aliphatic rings. The van der Waals surface area contributed by atoms with Gasteiger partial charge in [-0.05, 0) is 87.7 Å². The quantitative estimate of drug-likeness (QED) is 0.200. The van der Waals surface area contributed by atoms with Crippen LogP contribution in [0.1, 0.15) is 0 Å². The van der Waals surface area contributed by atoms with Gasteiger partial charge in [-0.1, -0.05) is 72.8 Å². The fourth-order valence-electron chi connectivity index (χ4n) is 5.71. The predicted octanol–water partition coefficient (Wildman–Crippen LogP) is 8.79. The summed E-state index contributed by atoms with van der Waals surface area (Å²) in [6, 6.07) is 41.3. The largest absolute Gasteiger partial charge is 0.308 e. The molecule has 0 saturated carbocycles. The van der Waals surface area contributed by atoms with Crippen molar-refractivity contribution in [1.82, 2.24) is 9.36 Å². The number of hydrogen-bond donors (Lipinski definition) is 0. The van der Waals surface area contributed by atoms with Gasteiger partial charge in [0, 0.05) is 16.8 Å². The molecule has 0 radical (unpaired) electrons. The molecule has 0 unspecified atom stereocenters. The lowest BCUT2D eigenvalue weighted by molar-refractivity contribution is 0.595. The summed E-state index contributed by atoms with van der Waals surface area (Å²) in [5, 5.41) is 5.62. The number of nitrogens with zero attached hydrogens (tertiary/aromatic N) is 3. The second-order valence-corrected chi connectivity index (χ2v) is 12.6. The number of benzene rings is 6. The van der Waals surface area contributed by atoms with Gasteiger partial charge in [-0.15, -0.1) is 0 Å². The molecular weight excluding hydrogens is 547 g/mol. The molecule has 1 aromatic heterocycles. The standard InChI is InChI=1S/C34H21N3O2S2/c38-41(39)31-15-7-5-13-29(31)37(30-14-6-8-16-32(30)41)24-19-17-22(18-20-24)33-35-34(40-36-33)28-21-23-9-1-2-10-25(23)26-11-3-4-12-27(26)28/h1-21H. The van der Waals surface area contributed by atoms with Gasteiger partial charge < -0.3 is 4.90 Å². The van der Waals surface area contributed by atoms with Crippen LogP contribution in [-0.4, -0.2) is 17.8 Å². The lowest BCUT2D eigenvalue weighted by Gasteiger charge is -2.32. The lowest BCUT2D eigenvalue weighted by atomic mass is 9.97. The third kappa shape index (κ3) is 3.70. The Morgan fingerprint density at radius 2 is 1.20 bits per heavy atom. The van der Waals surface area contributed by atoms with Gasteiger partial charge in [0.25, 0.3) is 0 Å². The molecular formula is C34H21N3O2S2. The van der Waals surface area contributed by atoms with Crippen LogP contribution in [0.25, 0.3) is 43.5 Å². The van der Waals surface area contributed by atoms with Crippen LogP contribution in [0.4, 0.5) is 17.1 Å². The maximum absolute atomic E-state index is 13.3. The summed E-state index contributed by atoms with van der Waals surface area (Å²) in [7, 11) is -3.61. The van der Waals surface area contributed by atoms with Crippen LogP contribution in [0.5, 0.6) is 0 Å².